The molecule has 6 nitrogen and oxygen atoms in total. The van der Waals surface area contributed by atoms with Crippen LogP contribution in [0.3, 0.4) is 0 Å². The number of rotatable bonds is 59. The molecule has 14 heteroatoms. The lowest BCUT2D eigenvalue weighted by Gasteiger charge is -2.38. The van der Waals surface area contributed by atoms with Gasteiger partial charge in [0.2, 0.25) is 0 Å². The van der Waals surface area contributed by atoms with E-state index in [4.69, 9.17) is 52.4 Å². The third kappa shape index (κ3) is 47.5. The standard InChI is InChI=1S/C58H118O6P2S6/c1-54(58(72)64-66(61-46-36-28-20-12-4-8-16-24-32-40-50-69)62-47-37-29-21-13-5-9-17-25-33-41-51-70)55-42-43-56(57(71)52-55)53-63-65(59-44-34-26-18-10-2-6-14-22-30-38-48-67)60-45-35-27-19-11-3-7-15-23-31-39-49-68/h54-58,67-72H,2-53H2,1H3. The summed E-state index contributed by atoms with van der Waals surface area (Å²) in [5, 5.41) is 0.250. The Labute approximate surface area is 484 Å². The van der Waals surface area contributed by atoms with E-state index in [9.17, 15) is 0 Å². The Balaban J connectivity index is 2.59. The number of hydrogen-bond acceptors (Lipinski definition) is 12. The predicted octanol–water partition coefficient (Wildman–Crippen LogP) is 21.5. The van der Waals surface area contributed by atoms with Gasteiger partial charge in [0.25, 0.3) is 0 Å². The van der Waals surface area contributed by atoms with Crippen LogP contribution in [0.4, 0.5) is 0 Å². The van der Waals surface area contributed by atoms with Crippen LogP contribution in [0.25, 0.3) is 0 Å². The van der Waals surface area contributed by atoms with Gasteiger partial charge >= 0.3 is 17.2 Å². The maximum absolute atomic E-state index is 6.59. The third-order valence-electron chi connectivity index (χ3n) is 14.8. The van der Waals surface area contributed by atoms with Gasteiger partial charge in [-0.1, -0.05) is 212 Å². The lowest BCUT2D eigenvalue weighted by atomic mass is 9.76. The third-order valence-corrected chi connectivity index (χ3v) is 19.7. The molecule has 0 aliphatic heterocycles. The highest BCUT2D eigenvalue weighted by Crippen LogP contribution is 2.48. The van der Waals surface area contributed by atoms with Gasteiger partial charge in [-0.25, -0.2) is 0 Å². The molecule has 5 atom stereocenters. The lowest BCUT2D eigenvalue weighted by molar-refractivity contribution is 0.0875. The van der Waals surface area contributed by atoms with Gasteiger partial charge in [0.1, 0.15) is 5.44 Å². The van der Waals surface area contributed by atoms with Crippen molar-refractivity contribution in [1.29, 1.82) is 0 Å². The summed E-state index contributed by atoms with van der Waals surface area (Å²) >= 11 is 27.7. The van der Waals surface area contributed by atoms with E-state index in [0.717, 1.165) is 68.0 Å². The van der Waals surface area contributed by atoms with Gasteiger partial charge < -0.3 is 22.6 Å². The fourth-order valence-electron chi connectivity index (χ4n) is 9.77. The van der Waals surface area contributed by atoms with E-state index in [2.05, 4.69) is 57.4 Å². The molecule has 0 aromatic heterocycles. The van der Waals surface area contributed by atoms with Crippen LogP contribution in [-0.2, 0) is 27.1 Å². The highest BCUT2D eigenvalue weighted by molar-refractivity contribution is 7.81. The van der Waals surface area contributed by atoms with Crippen LogP contribution in [0.15, 0.2) is 0 Å². The topological polar surface area (TPSA) is 55.4 Å². The SMILES string of the molecule is CC(C1CCC(COP(OCCCCCCCCCCCCS)OCCCCCCCCCCCCS)C(S)C1)C(S)OP(OCCCCCCCCCCCCS)OCCCCCCCCCCCCS. The quantitative estimate of drug-likeness (QED) is 0.0158. The van der Waals surface area contributed by atoms with E-state index in [0.29, 0.717) is 44.9 Å². The number of unbranched alkanes of at least 4 members (excludes halogenated alkanes) is 36. The Hall–Kier alpha value is 2.72. The number of thiol groups is 6. The molecule has 0 bridgehead atoms. The highest BCUT2D eigenvalue weighted by Gasteiger charge is 2.35. The van der Waals surface area contributed by atoms with Gasteiger partial charge in [-0.15, -0.1) is 12.6 Å². The summed E-state index contributed by atoms with van der Waals surface area (Å²) < 4.78 is 38.6. The maximum Gasteiger partial charge on any atom is 0.333 e. The van der Waals surface area contributed by atoms with Gasteiger partial charge in [0.15, 0.2) is 0 Å². The van der Waals surface area contributed by atoms with E-state index < -0.39 is 17.2 Å². The number of hydrogen-bond donors (Lipinski definition) is 6. The molecule has 432 valence electrons. The molecule has 0 saturated heterocycles. The lowest BCUT2D eigenvalue weighted by Crippen LogP contribution is -2.34. The van der Waals surface area contributed by atoms with Crippen LogP contribution >= 0.6 is 93.0 Å². The normalized spacial score (nSPS) is 17.2. The second kappa shape index (κ2) is 58.4. The van der Waals surface area contributed by atoms with Crippen LogP contribution < -0.4 is 0 Å². The van der Waals surface area contributed by atoms with E-state index in [1.165, 1.54) is 231 Å². The molecule has 0 amide bonds. The first kappa shape index (κ1) is 72.7. The van der Waals surface area contributed by atoms with Crippen LogP contribution in [0.5, 0.6) is 0 Å². The molecule has 1 aliphatic rings. The minimum Gasteiger partial charge on any atom is -0.312 e. The monoisotopic (exact) mass is 1160 g/mol. The van der Waals surface area contributed by atoms with Crippen molar-refractivity contribution in [3.8, 4) is 0 Å². The fourth-order valence-corrected chi connectivity index (χ4v) is 13.9. The summed E-state index contributed by atoms with van der Waals surface area (Å²) in [6.07, 6.45) is 54.8. The smallest absolute Gasteiger partial charge is 0.312 e. The molecule has 1 fully saturated rings. The van der Waals surface area contributed by atoms with Crippen molar-refractivity contribution in [1.82, 2.24) is 0 Å². The van der Waals surface area contributed by atoms with Crippen molar-refractivity contribution in [2.45, 2.75) is 294 Å². The first-order valence-corrected chi connectivity index (χ1v) is 36.4. The molecule has 1 saturated carbocycles. The summed E-state index contributed by atoms with van der Waals surface area (Å²) in [7, 11) is -2.81. The molecular formula is C58H118O6P2S6. The van der Waals surface area contributed by atoms with Crippen molar-refractivity contribution in [2.75, 3.05) is 56.0 Å². The molecule has 1 rings (SSSR count). The molecule has 72 heavy (non-hydrogen) atoms. The minimum absolute atomic E-state index is 0.245. The molecule has 5 unspecified atom stereocenters. The summed E-state index contributed by atoms with van der Waals surface area (Å²) in [4.78, 5) is 0. The highest BCUT2D eigenvalue weighted by atomic mass is 32.1. The van der Waals surface area contributed by atoms with Crippen molar-refractivity contribution in [3.05, 3.63) is 0 Å². The maximum atomic E-state index is 6.59. The first-order chi connectivity index (χ1) is 35.5. The second-order valence-corrected chi connectivity index (χ2v) is 26.7. The minimum atomic E-state index is -1.45. The van der Waals surface area contributed by atoms with Crippen molar-refractivity contribution < 1.29 is 27.1 Å². The van der Waals surface area contributed by atoms with Gasteiger partial charge in [-0.05, 0) is 111 Å². The Morgan fingerprint density at radius 2 is 0.625 bits per heavy atom. The summed E-state index contributed by atoms with van der Waals surface area (Å²) in [5.74, 6) is 5.18. The average Bonchev–Trinajstić information content (AvgIpc) is 3.38. The molecular weight excluding hydrogens is 1050 g/mol. The van der Waals surface area contributed by atoms with Gasteiger partial charge in [-0.3, -0.25) is 4.52 Å². The van der Waals surface area contributed by atoms with E-state index >= 15 is 0 Å². The zero-order valence-corrected chi connectivity index (χ0v) is 53.8. The molecule has 1 aliphatic carbocycles. The van der Waals surface area contributed by atoms with Crippen LogP contribution in [0.1, 0.15) is 283 Å². The summed E-state index contributed by atoms with van der Waals surface area (Å²) in [5.41, 5.74) is -0.245. The summed E-state index contributed by atoms with van der Waals surface area (Å²) in [6, 6.07) is 0. The van der Waals surface area contributed by atoms with E-state index in [1.54, 1.807) is 0 Å². The average molecular weight is 1170 g/mol. The molecule has 0 radical (unpaired) electrons. The predicted molar refractivity (Wildman–Crippen MR) is 340 cm³/mol. The Morgan fingerprint density at radius 1 is 0.361 bits per heavy atom. The van der Waals surface area contributed by atoms with Crippen molar-refractivity contribution in [2.24, 2.45) is 17.8 Å². The Bertz CT molecular complexity index is 1010. The van der Waals surface area contributed by atoms with E-state index in [1.807, 2.05) is 0 Å². The largest absolute Gasteiger partial charge is 0.333 e. The molecule has 0 aromatic carbocycles. The van der Waals surface area contributed by atoms with Gasteiger partial charge in [0.05, 0.1) is 33.0 Å². The van der Waals surface area contributed by atoms with Crippen molar-refractivity contribution in [3.63, 3.8) is 0 Å². The van der Waals surface area contributed by atoms with Crippen LogP contribution in [-0.4, -0.2) is 66.7 Å². The van der Waals surface area contributed by atoms with Crippen LogP contribution in [0.2, 0.25) is 0 Å². The van der Waals surface area contributed by atoms with Gasteiger partial charge in [0, 0.05) is 5.25 Å². The zero-order chi connectivity index (χ0) is 52.1. The fraction of sp³-hybridized carbons (Fsp3) is 1.00. The van der Waals surface area contributed by atoms with E-state index in [-0.39, 0.29) is 16.6 Å². The Kier molecular flexibility index (Phi) is 59.0. The molecule has 0 N–H and O–H groups in total. The van der Waals surface area contributed by atoms with Crippen molar-refractivity contribution >= 4 is 93.0 Å². The summed E-state index contributed by atoms with van der Waals surface area (Å²) in [6.45, 7) is 5.75. The second-order valence-electron chi connectivity index (χ2n) is 21.4. The van der Waals surface area contributed by atoms with Gasteiger partial charge in [-0.2, -0.15) is 63.1 Å². The van der Waals surface area contributed by atoms with Crippen LogP contribution in [0, 0.1) is 17.8 Å². The molecule has 0 aromatic rings. The molecule has 0 heterocycles. The Morgan fingerprint density at radius 3 is 0.903 bits per heavy atom. The molecule has 0 spiro atoms. The zero-order valence-electron chi connectivity index (χ0n) is 46.7. The first-order valence-electron chi connectivity index (χ1n) is 30.7.